The first-order valence-electron chi connectivity index (χ1n) is 7.32. The molecule has 1 aromatic rings. The largest absolute Gasteiger partial charge is 0.373 e. The number of nitrogens with zero attached hydrogens (tertiary/aromatic N) is 1. The van der Waals surface area contributed by atoms with E-state index in [1.165, 1.54) is 4.31 Å². The summed E-state index contributed by atoms with van der Waals surface area (Å²) in [6, 6.07) is 7.17. The summed E-state index contributed by atoms with van der Waals surface area (Å²) in [5.41, 5.74) is 1.13. The Morgan fingerprint density at radius 1 is 1.19 bits per heavy atom. The highest BCUT2D eigenvalue weighted by atomic mass is 32.2. The standard InChI is InChI=1S/C15H24N2O3S/c1-12-10-17(11-13(2)20-12)21(18,19)15-6-4-14(5-7-15)8-9-16-3/h4-7,12-13,16H,8-11H2,1-3H3/t12-,13+. The summed E-state index contributed by atoms with van der Waals surface area (Å²) in [7, 11) is -1.53. The maximum absolute atomic E-state index is 12.7. The molecule has 118 valence electrons. The van der Waals surface area contributed by atoms with E-state index in [9.17, 15) is 8.42 Å². The fraction of sp³-hybridized carbons (Fsp3) is 0.600. The molecule has 0 aromatic heterocycles. The Morgan fingerprint density at radius 2 is 1.76 bits per heavy atom. The van der Waals surface area contributed by atoms with Crippen LogP contribution in [0, 0.1) is 0 Å². The van der Waals surface area contributed by atoms with Gasteiger partial charge in [-0.1, -0.05) is 12.1 Å². The molecule has 0 saturated carbocycles. The molecule has 1 aromatic carbocycles. The Kier molecular flexibility index (Phi) is 5.37. The summed E-state index contributed by atoms with van der Waals surface area (Å²) >= 11 is 0. The number of ether oxygens (including phenoxy) is 1. The minimum atomic E-state index is -3.43. The SMILES string of the molecule is CNCCc1ccc(S(=O)(=O)N2C[C@@H](C)O[C@@H](C)C2)cc1. The molecule has 1 fully saturated rings. The van der Waals surface area contributed by atoms with Crippen LogP contribution >= 0.6 is 0 Å². The van der Waals surface area contributed by atoms with Crippen molar-refractivity contribution in [3.63, 3.8) is 0 Å². The van der Waals surface area contributed by atoms with Crippen molar-refractivity contribution < 1.29 is 13.2 Å². The zero-order chi connectivity index (χ0) is 15.5. The van der Waals surface area contributed by atoms with Crippen LogP contribution in [0.2, 0.25) is 0 Å². The molecular weight excluding hydrogens is 288 g/mol. The van der Waals surface area contributed by atoms with Gasteiger partial charge < -0.3 is 10.1 Å². The maximum Gasteiger partial charge on any atom is 0.243 e. The van der Waals surface area contributed by atoms with Crippen LogP contribution in [-0.4, -0.2) is 51.6 Å². The molecule has 0 spiro atoms. The Hall–Kier alpha value is -0.950. The molecule has 0 bridgehead atoms. The van der Waals surface area contributed by atoms with E-state index in [2.05, 4.69) is 5.32 Å². The first-order chi connectivity index (χ1) is 9.93. The normalized spacial score (nSPS) is 24.1. The monoisotopic (exact) mass is 312 g/mol. The van der Waals surface area contributed by atoms with Gasteiger partial charge in [0, 0.05) is 13.1 Å². The Morgan fingerprint density at radius 3 is 2.29 bits per heavy atom. The lowest BCUT2D eigenvalue weighted by Gasteiger charge is -2.34. The first-order valence-corrected chi connectivity index (χ1v) is 8.76. The highest BCUT2D eigenvalue weighted by molar-refractivity contribution is 7.89. The van der Waals surface area contributed by atoms with E-state index in [4.69, 9.17) is 4.74 Å². The lowest BCUT2D eigenvalue weighted by atomic mass is 10.1. The molecule has 0 radical (unpaired) electrons. The van der Waals surface area contributed by atoms with Crippen LogP contribution in [0.3, 0.4) is 0 Å². The maximum atomic E-state index is 12.7. The summed E-state index contributed by atoms with van der Waals surface area (Å²) < 4.78 is 32.4. The van der Waals surface area contributed by atoms with Gasteiger partial charge in [-0.3, -0.25) is 0 Å². The number of hydrogen-bond donors (Lipinski definition) is 1. The van der Waals surface area contributed by atoms with Crippen molar-refractivity contribution in [1.29, 1.82) is 0 Å². The Labute approximate surface area is 127 Å². The zero-order valence-electron chi connectivity index (χ0n) is 12.9. The molecule has 0 aliphatic carbocycles. The summed E-state index contributed by atoms with van der Waals surface area (Å²) in [6.45, 7) is 5.50. The van der Waals surface area contributed by atoms with Gasteiger partial charge in [-0.15, -0.1) is 0 Å². The summed E-state index contributed by atoms with van der Waals surface area (Å²) in [6.07, 6.45) is 0.750. The van der Waals surface area contributed by atoms with Crippen LogP contribution in [-0.2, 0) is 21.2 Å². The topological polar surface area (TPSA) is 58.6 Å². The van der Waals surface area contributed by atoms with E-state index in [1.807, 2.05) is 33.0 Å². The van der Waals surface area contributed by atoms with Gasteiger partial charge in [0.1, 0.15) is 0 Å². The van der Waals surface area contributed by atoms with Crippen LogP contribution in [0.1, 0.15) is 19.4 Å². The molecule has 6 heteroatoms. The van der Waals surface area contributed by atoms with Crippen molar-refractivity contribution in [1.82, 2.24) is 9.62 Å². The third kappa shape index (κ3) is 4.03. The number of benzene rings is 1. The van der Waals surface area contributed by atoms with E-state index in [0.717, 1.165) is 18.5 Å². The molecule has 21 heavy (non-hydrogen) atoms. The molecule has 2 rings (SSSR count). The second-order valence-corrected chi connectivity index (χ2v) is 7.51. The van der Waals surface area contributed by atoms with Crippen molar-refractivity contribution in [2.45, 2.75) is 37.4 Å². The highest BCUT2D eigenvalue weighted by Crippen LogP contribution is 2.21. The van der Waals surface area contributed by atoms with Gasteiger partial charge in [0.2, 0.25) is 10.0 Å². The van der Waals surface area contributed by atoms with E-state index < -0.39 is 10.0 Å². The predicted molar refractivity (Wildman–Crippen MR) is 82.8 cm³/mol. The van der Waals surface area contributed by atoms with Crippen LogP contribution < -0.4 is 5.32 Å². The van der Waals surface area contributed by atoms with Crippen molar-refractivity contribution in [3.05, 3.63) is 29.8 Å². The molecule has 1 saturated heterocycles. The Balaban J connectivity index is 2.15. The molecule has 5 nitrogen and oxygen atoms in total. The number of likely N-dealkylation sites (N-methyl/N-ethyl adjacent to an activating group) is 1. The lowest BCUT2D eigenvalue weighted by Crippen LogP contribution is -2.48. The van der Waals surface area contributed by atoms with Gasteiger partial charge in [-0.25, -0.2) is 8.42 Å². The van der Waals surface area contributed by atoms with Crippen LogP contribution in [0.15, 0.2) is 29.2 Å². The number of sulfonamides is 1. The predicted octanol–water partition coefficient (Wildman–Crippen LogP) is 1.25. The van der Waals surface area contributed by atoms with Crippen molar-refractivity contribution in [3.8, 4) is 0 Å². The van der Waals surface area contributed by atoms with Gasteiger partial charge in [0.15, 0.2) is 0 Å². The van der Waals surface area contributed by atoms with Crippen molar-refractivity contribution in [2.75, 3.05) is 26.7 Å². The molecule has 0 amide bonds. The third-order valence-corrected chi connectivity index (χ3v) is 5.46. The summed E-state index contributed by atoms with van der Waals surface area (Å²) in [4.78, 5) is 0.358. The molecule has 0 unspecified atom stereocenters. The van der Waals surface area contributed by atoms with Crippen molar-refractivity contribution in [2.24, 2.45) is 0 Å². The second kappa shape index (κ2) is 6.87. The molecule has 1 N–H and O–H groups in total. The lowest BCUT2D eigenvalue weighted by molar-refractivity contribution is -0.0440. The molecular formula is C15H24N2O3S. The van der Waals surface area contributed by atoms with E-state index in [1.54, 1.807) is 12.1 Å². The van der Waals surface area contributed by atoms with E-state index in [0.29, 0.717) is 18.0 Å². The van der Waals surface area contributed by atoms with E-state index >= 15 is 0 Å². The minimum absolute atomic E-state index is 0.0709. The molecule has 2 atom stereocenters. The average molecular weight is 312 g/mol. The summed E-state index contributed by atoms with van der Waals surface area (Å²) in [5, 5.41) is 3.08. The third-order valence-electron chi connectivity index (χ3n) is 3.61. The van der Waals surface area contributed by atoms with Crippen LogP contribution in [0.5, 0.6) is 0 Å². The fourth-order valence-electron chi connectivity index (χ4n) is 2.57. The number of nitrogens with one attached hydrogen (secondary N) is 1. The zero-order valence-corrected chi connectivity index (χ0v) is 13.7. The molecule has 1 heterocycles. The summed E-state index contributed by atoms with van der Waals surface area (Å²) in [5.74, 6) is 0. The van der Waals surface area contributed by atoms with Gasteiger partial charge in [0.05, 0.1) is 17.1 Å². The molecule has 1 aliphatic rings. The first kappa shape index (κ1) is 16.4. The fourth-order valence-corrected chi connectivity index (χ4v) is 4.16. The van der Waals surface area contributed by atoms with Crippen molar-refractivity contribution >= 4 is 10.0 Å². The van der Waals surface area contributed by atoms with Crippen LogP contribution in [0.25, 0.3) is 0 Å². The Bertz CT molecular complexity index is 547. The van der Waals surface area contributed by atoms with Gasteiger partial charge in [-0.05, 0) is 51.6 Å². The van der Waals surface area contributed by atoms with Gasteiger partial charge in [0.25, 0.3) is 0 Å². The second-order valence-electron chi connectivity index (χ2n) is 5.58. The van der Waals surface area contributed by atoms with Crippen LogP contribution in [0.4, 0.5) is 0 Å². The quantitative estimate of drug-likeness (QED) is 0.889. The smallest absolute Gasteiger partial charge is 0.243 e. The number of hydrogen-bond acceptors (Lipinski definition) is 4. The highest BCUT2D eigenvalue weighted by Gasteiger charge is 2.31. The number of morpholine rings is 1. The van der Waals surface area contributed by atoms with Gasteiger partial charge in [-0.2, -0.15) is 4.31 Å². The van der Waals surface area contributed by atoms with E-state index in [-0.39, 0.29) is 12.2 Å². The molecule has 1 aliphatic heterocycles. The minimum Gasteiger partial charge on any atom is -0.373 e. The number of rotatable bonds is 5. The average Bonchev–Trinajstić information content (AvgIpc) is 2.44. The van der Waals surface area contributed by atoms with Gasteiger partial charge >= 0.3 is 0 Å².